The van der Waals surface area contributed by atoms with E-state index < -0.39 is 0 Å². The van der Waals surface area contributed by atoms with Gasteiger partial charge in [-0.25, -0.2) is 4.99 Å². The molecule has 0 unspecified atom stereocenters. The average molecular weight is 587 g/mol. The number of likely N-dealkylation sites (N-methyl/N-ethyl adjacent to an activating group) is 1. The number of carbonyl (C=O) groups is 1. The van der Waals surface area contributed by atoms with Gasteiger partial charge in [0, 0.05) is 25.3 Å². The summed E-state index contributed by atoms with van der Waals surface area (Å²) in [6.07, 6.45) is 6.68. The van der Waals surface area contributed by atoms with Crippen molar-refractivity contribution in [2.45, 2.75) is 59.5 Å². The van der Waals surface area contributed by atoms with E-state index >= 15 is 0 Å². The number of halogens is 1. The van der Waals surface area contributed by atoms with E-state index in [-0.39, 0.29) is 12.0 Å². The summed E-state index contributed by atoms with van der Waals surface area (Å²) in [4.78, 5) is 22.9. The van der Waals surface area contributed by atoms with Gasteiger partial charge in [0.15, 0.2) is 16.7 Å². The number of rotatable bonds is 9. The molecule has 0 spiro atoms. The van der Waals surface area contributed by atoms with Crippen LogP contribution in [0.2, 0.25) is 0 Å². The summed E-state index contributed by atoms with van der Waals surface area (Å²) in [6.45, 7) is 11.3. The highest BCUT2D eigenvalue weighted by atomic mass is 79.9. The highest BCUT2D eigenvalue weighted by Gasteiger charge is 2.32. The van der Waals surface area contributed by atoms with Crippen molar-refractivity contribution in [1.82, 2.24) is 4.90 Å². The molecule has 4 rings (SSSR count). The summed E-state index contributed by atoms with van der Waals surface area (Å²) in [5, 5.41) is 0.699. The maximum Gasteiger partial charge on any atom is 0.266 e. The van der Waals surface area contributed by atoms with Gasteiger partial charge in [-0.05, 0) is 122 Å². The van der Waals surface area contributed by atoms with Gasteiger partial charge in [-0.2, -0.15) is 0 Å². The van der Waals surface area contributed by atoms with Crippen LogP contribution in [0.15, 0.2) is 50.8 Å². The molecule has 0 aromatic heterocycles. The average Bonchev–Trinajstić information content (AvgIpc) is 3.20. The minimum absolute atomic E-state index is 0.0369. The van der Waals surface area contributed by atoms with Gasteiger partial charge in [0.1, 0.15) is 0 Å². The maximum atomic E-state index is 13.2. The quantitative estimate of drug-likeness (QED) is 0.283. The van der Waals surface area contributed by atoms with Crippen molar-refractivity contribution in [2.24, 2.45) is 4.99 Å². The van der Waals surface area contributed by atoms with Crippen LogP contribution >= 0.6 is 27.7 Å². The summed E-state index contributed by atoms with van der Waals surface area (Å²) in [5.41, 5.74) is 2.96. The third-order valence-corrected chi connectivity index (χ3v) is 8.12. The molecule has 0 bridgehead atoms. The molecular formula is C29H36BrN3O3S. The summed E-state index contributed by atoms with van der Waals surface area (Å²) >= 11 is 5.05. The molecule has 2 aromatic rings. The predicted octanol–water partition coefficient (Wildman–Crippen LogP) is 7.64. The van der Waals surface area contributed by atoms with E-state index in [2.05, 4.69) is 39.9 Å². The van der Waals surface area contributed by atoms with Crippen molar-refractivity contribution in [1.29, 1.82) is 0 Å². The SMILES string of the molecule is CCOc1cc(/C=C2\SC(=Nc3ccc(N4CCCCC4)cc3)N(CC)C2=O)cc(Br)c1O[C@H](C)CC. The number of aliphatic imine (C=N–C) groups is 1. The van der Waals surface area contributed by atoms with Crippen LogP contribution in [0.5, 0.6) is 11.5 Å². The Bertz CT molecular complexity index is 1160. The lowest BCUT2D eigenvalue weighted by Gasteiger charge is -2.28. The van der Waals surface area contributed by atoms with Gasteiger partial charge >= 0.3 is 0 Å². The van der Waals surface area contributed by atoms with E-state index in [1.165, 1.54) is 36.7 Å². The first-order valence-corrected chi connectivity index (χ1v) is 14.8. The van der Waals surface area contributed by atoms with Crippen LogP contribution in [0.4, 0.5) is 11.4 Å². The van der Waals surface area contributed by atoms with Crippen LogP contribution in [0, 0.1) is 0 Å². The number of hydrogen-bond donors (Lipinski definition) is 0. The van der Waals surface area contributed by atoms with E-state index in [0.29, 0.717) is 34.7 Å². The molecule has 2 heterocycles. The topological polar surface area (TPSA) is 54.4 Å². The lowest BCUT2D eigenvalue weighted by molar-refractivity contribution is -0.122. The monoisotopic (exact) mass is 585 g/mol. The maximum absolute atomic E-state index is 13.2. The van der Waals surface area contributed by atoms with Gasteiger partial charge in [0.25, 0.3) is 5.91 Å². The second-order valence-electron chi connectivity index (χ2n) is 9.22. The molecule has 0 aliphatic carbocycles. The van der Waals surface area contributed by atoms with Gasteiger partial charge in [-0.3, -0.25) is 9.69 Å². The number of anilines is 1. The number of benzene rings is 2. The highest BCUT2D eigenvalue weighted by molar-refractivity contribution is 9.10. The Hall–Kier alpha value is -2.45. The van der Waals surface area contributed by atoms with Gasteiger partial charge in [0.05, 0.1) is 27.8 Å². The fourth-order valence-electron chi connectivity index (χ4n) is 4.36. The van der Waals surface area contributed by atoms with Gasteiger partial charge in [-0.15, -0.1) is 0 Å². The Balaban J connectivity index is 1.57. The number of ether oxygens (including phenoxy) is 2. The molecule has 37 heavy (non-hydrogen) atoms. The molecule has 8 heteroatoms. The molecule has 2 aliphatic rings. The van der Waals surface area contributed by atoms with E-state index in [0.717, 1.165) is 35.2 Å². The predicted molar refractivity (Wildman–Crippen MR) is 158 cm³/mol. The Morgan fingerprint density at radius 3 is 2.49 bits per heavy atom. The molecule has 0 saturated carbocycles. The largest absolute Gasteiger partial charge is 0.490 e. The molecule has 6 nitrogen and oxygen atoms in total. The second kappa shape index (κ2) is 12.9. The first-order chi connectivity index (χ1) is 17.9. The number of carbonyl (C=O) groups excluding carboxylic acids is 1. The van der Waals surface area contributed by atoms with Crippen molar-refractivity contribution < 1.29 is 14.3 Å². The molecule has 1 amide bonds. The van der Waals surface area contributed by atoms with Crippen LogP contribution in [0.25, 0.3) is 6.08 Å². The molecule has 2 aromatic carbocycles. The fourth-order valence-corrected chi connectivity index (χ4v) is 5.97. The van der Waals surface area contributed by atoms with Crippen molar-refractivity contribution in [3.8, 4) is 11.5 Å². The molecule has 2 fully saturated rings. The number of amides is 1. The van der Waals surface area contributed by atoms with E-state index in [1.807, 2.05) is 51.1 Å². The van der Waals surface area contributed by atoms with Crippen LogP contribution in [0.3, 0.4) is 0 Å². The normalized spacial score (nSPS) is 19.1. The molecular weight excluding hydrogens is 550 g/mol. The summed E-state index contributed by atoms with van der Waals surface area (Å²) in [5.74, 6) is 1.31. The van der Waals surface area contributed by atoms with Crippen LogP contribution in [-0.2, 0) is 4.79 Å². The highest BCUT2D eigenvalue weighted by Crippen LogP contribution is 2.40. The van der Waals surface area contributed by atoms with Crippen molar-refractivity contribution >= 4 is 56.2 Å². The zero-order valence-corrected chi connectivity index (χ0v) is 24.5. The summed E-state index contributed by atoms with van der Waals surface area (Å²) in [7, 11) is 0. The van der Waals surface area contributed by atoms with Crippen LogP contribution < -0.4 is 14.4 Å². The van der Waals surface area contributed by atoms with Gasteiger partial charge in [-0.1, -0.05) is 6.92 Å². The third-order valence-electron chi connectivity index (χ3n) is 6.52. The molecule has 0 radical (unpaired) electrons. The Morgan fingerprint density at radius 1 is 1.11 bits per heavy atom. The standard InChI is InChI=1S/C29H36BrN3O3S/c1-5-20(4)36-27-24(30)17-21(18-25(27)35-7-3)19-26-28(34)33(6-2)29(37-26)31-22-11-13-23(14-12-22)32-15-9-8-10-16-32/h11-14,17-20H,5-10,15-16H2,1-4H3/b26-19-,31-29?/t20-/m1/s1. The Morgan fingerprint density at radius 2 is 1.84 bits per heavy atom. The van der Waals surface area contributed by atoms with Crippen LogP contribution in [-0.4, -0.2) is 48.3 Å². The van der Waals surface area contributed by atoms with Crippen molar-refractivity contribution in [2.75, 3.05) is 31.1 Å². The van der Waals surface area contributed by atoms with Gasteiger partial charge in [0.2, 0.25) is 0 Å². The number of amidine groups is 1. The zero-order valence-electron chi connectivity index (χ0n) is 22.1. The first kappa shape index (κ1) is 27.6. The molecule has 198 valence electrons. The second-order valence-corrected chi connectivity index (χ2v) is 11.1. The summed E-state index contributed by atoms with van der Waals surface area (Å²) in [6, 6.07) is 12.2. The van der Waals surface area contributed by atoms with E-state index in [4.69, 9.17) is 14.5 Å². The first-order valence-electron chi connectivity index (χ1n) is 13.2. The molecule has 1 atom stereocenters. The Kier molecular flexibility index (Phi) is 9.60. The smallest absolute Gasteiger partial charge is 0.266 e. The van der Waals surface area contributed by atoms with Gasteiger partial charge < -0.3 is 14.4 Å². The minimum Gasteiger partial charge on any atom is -0.490 e. The third kappa shape index (κ3) is 6.71. The number of nitrogens with zero attached hydrogens (tertiary/aromatic N) is 3. The van der Waals surface area contributed by atoms with Crippen molar-refractivity contribution in [3.63, 3.8) is 0 Å². The van der Waals surface area contributed by atoms with E-state index in [9.17, 15) is 4.79 Å². The molecule has 2 aliphatic heterocycles. The number of thioether (sulfide) groups is 1. The fraction of sp³-hybridized carbons (Fsp3) is 0.448. The van der Waals surface area contributed by atoms with Crippen LogP contribution in [0.1, 0.15) is 58.9 Å². The Labute approximate surface area is 233 Å². The minimum atomic E-state index is -0.0369. The summed E-state index contributed by atoms with van der Waals surface area (Å²) < 4.78 is 12.8. The number of hydrogen-bond acceptors (Lipinski definition) is 6. The lowest BCUT2D eigenvalue weighted by atomic mass is 10.1. The molecule has 2 saturated heterocycles. The molecule has 0 N–H and O–H groups in total. The zero-order chi connectivity index (χ0) is 26.4. The number of piperidine rings is 1. The lowest BCUT2D eigenvalue weighted by Crippen LogP contribution is -2.29. The van der Waals surface area contributed by atoms with E-state index in [1.54, 1.807) is 4.90 Å². The van der Waals surface area contributed by atoms with Crippen molar-refractivity contribution in [3.05, 3.63) is 51.3 Å².